The highest BCUT2D eigenvalue weighted by Crippen LogP contribution is 2.26. The Morgan fingerprint density at radius 2 is 1.96 bits per heavy atom. The molecular weight excluding hydrogens is 390 g/mol. The molecule has 0 saturated heterocycles. The van der Waals surface area contributed by atoms with Crippen molar-refractivity contribution in [3.8, 4) is 11.3 Å². The zero-order valence-electron chi connectivity index (χ0n) is 14.3. The van der Waals surface area contributed by atoms with Crippen LogP contribution in [0.25, 0.3) is 11.3 Å². The Morgan fingerprint density at radius 3 is 2.71 bits per heavy atom. The molecule has 10 heteroatoms. The molecular formula is C18H14F2N4O3S. The number of nitro benzene ring substituents is 1. The number of nitro groups is 1. The van der Waals surface area contributed by atoms with Crippen LogP contribution in [0.3, 0.4) is 0 Å². The Morgan fingerprint density at radius 1 is 1.18 bits per heavy atom. The number of carbonyl (C=O) groups excluding carboxylic acids is 1. The van der Waals surface area contributed by atoms with Gasteiger partial charge >= 0.3 is 0 Å². The lowest BCUT2D eigenvalue weighted by atomic mass is 10.2. The zero-order valence-corrected chi connectivity index (χ0v) is 15.1. The van der Waals surface area contributed by atoms with Crippen LogP contribution in [-0.4, -0.2) is 22.4 Å². The van der Waals surface area contributed by atoms with E-state index in [1.807, 2.05) is 0 Å². The lowest BCUT2D eigenvalue weighted by Gasteiger charge is -2.06. The topological polar surface area (TPSA) is 97.2 Å². The fourth-order valence-corrected chi connectivity index (χ4v) is 3.13. The predicted molar refractivity (Wildman–Crippen MR) is 102 cm³/mol. The highest BCUT2D eigenvalue weighted by molar-refractivity contribution is 7.14. The van der Waals surface area contributed by atoms with Crippen molar-refractivity contribution in [3.05, 3.63) is 69.6 Å². The number of rotatable bonds is 7. The van der Waals surface area contributed by atoms with Crippen LogP contribution in [0.1, 0.15) is 6.42 Å². The molecule has 0 spiro atoms. The quantitative estimate of drug-likeness (QED) is 0.448. The molecule has 1 amide bonds. The summed E-state index contributed by atoms with van der Waals surface area (Å²) in [5.74, 6) is -2.26. The van der Waals surface area contributed by atoms with Crippen LogP contribution in [-0.2, 0) is 4.79 Å². The van der Waals surface area contributed by atoms with Crippen molar-refractivity contribution < 1.29 is 18.5 Å². The number of halogens is 2. The Bertz CT molecular complexity index is 1030. The summed E-state index contributed by atoms with van der Waals surface area (Å²) in [4.78, 5) is 26.7. The van der Waals surface area contributed by atoms with Gasteiger partial charge in [0.05, 0.1) is 10.6 Å². The molecule has 1 aromatic heterocycles. The Hall–Kier alpha value is -3.40. The summed E-state index contributed by atoms with van der Waals surface area (Å²) < 4.78 is 26.3. The molecule has 0 radical (unpaired) electrons. The van der Waals surface area contributed by atoms with Gasteiger partial charge in [-0.3, -0.25) is 14.9 Å². The minimum atomic E-state index is -0.975. The Labute approximate surface area is 162 Å². The Balaban J connectivity index is 1.55. The first kappa shape index (κ1) is 19.4. The normalized spacial score (nSPS) is 10.5. The highest BCUT2D eigenvalue weighted by Gasteiger charge is 2.13. The first-order valence-electron chi connectivity index (χ1n) is 8.12. The molecule has 144 valence electrons. The standard InChI is InChI=1S/C18H14F2N4O3S/c19-12-6-5-11(9-13(12)20)15-10-28-18(22-15)23-17(25)7-8-21-14-3-1-2-4-16(14)24(26)27/h1-6,9-10,21H,7-8H2,(H,22,23,25). The number of hydrogen-bond acceptors (Lipinski definition) is 6. The van der Waals surface area contributed by atoms with E-state index in [1.54, 1.807) is 23.6 Å². The molecule has 0 saturated carbocycles. The fraction of sp³-hybridized carbons (Fsp3) is 0.111. The zero-order chi connectivity index (χ0) is 20.1. The molecule has 0 bridgehead atoms. The number of nitrogens with zero attached hydrogens (tertiary/aromatic N) is 2. The summed E-state index contributed by atoms with van der Waals surface area (Å²) >= 11 is 1.15. The second-order valence-corrected chi connectivity index (χ2v) is 6.52. The first-order valence-corrected chi connectivity index (χ1v) is 9.00. The number of para-hydroxylation sites is 2. The van der Waals surface area contributed by atoms with Crippen LogP contribution in [0.2, 0.25) is 0 Å². The van der Waals surface area contributed by atoms with E-state index in [0.29, 0.717) is 22.1 Å². The van der Waals surface area contributed by atoms with Gasteiger partial charge in [-0.15, -0.1) is 11.3 Å². The van der Waals surface area contributed by atoms with Crippen LogP contribution in [0.5, 0.6) is 0 Å². The van der Waals surface area contributed by atoms with E-state index in [4.69, 9.17) is 0 Å². The number of aromatic nitrogens is 1. The average Bonchev–Trinajstić information content (AvgIpc) is 3.12. The van der Waals surface area contributed by atoms with Crippen molar-refractivity contribution in [3.63, 3.8) is 0 Å². The molecule has 3 rings (SSSR count). The molecule has 0 aliphatic carbocycles. The maximum atomic E-state index is 13.3. The van der Waals surface area contributed by atoms with Crippen molar-refractivity contribution in [2.75, 3.05) is 17.2 Å². The first-order chi connectivity index (χ1) is 13.4. The average molecular weight is 404 g/mol. The maximum absolute atomic E-state index is 13.3. The van der Waals surface area contributed by atoms with Gasteiger partial charge in [0.15, 0.2) is 16.8 Å². The van der Waals surface area contributed by atoms with Crippen molar-refractivity contribution in [2.24, 2.45) is 0 Å². The molecule has 0 unspecified atom stereocenters. The lowest BCUT2D eigenvalue weighted by Crippen LogP contribution is -2.16. The van der Waals surface area contributed by atoms with Gasteiger partial charge in [-0.25, -0.2) is 13.8 Å². The van der Waals surface area contributed by atoms with E-state index in [1.165, 1.54) is 12.1 Å². The summed E-state index contributed by atoms with van der Waals surface area (Å²) in [7, 11) is 0. The minimum absolute atomic E-state index is 0.0616. The molecule has 0 fully saturated rings. The smallest absolute Gasteiger partial charge is 0.292 e. The van der Waals surface area contributed by atoms with E-state index >= 15 is 0 Å². The summed E-state index contributed by atoms with van der Waals surface area (Å²) in [6.45, 7) is 0.193. The second-order valence-electron chi connectivity index (χ2n) is 5.67. The monoisotopic (exact) mass is 404 g/mol. The molecule has 7 nitrogen and oxygen atoms in total. The van der Waals surface area contributed by atoms with E-state index in [2.05, 4.69) is 15.6 Å². The number of thiazole rings is 1. The SMILES string of the molecule is O=C(CCNc1ccccc1[N+](=O)[O-])Nc1nc(-c2ccc(F)c(F)c2)cs1. The summed E-state index contributed by atoms with van der Waals surface area (Å²) in [5, 5.41) is 18.4. The third-order valence-corrected chi connectivity index (χ3v) is 4.49. The van der Waals surface area contributed by atoms with Crippen LogP contribution >= 0.6 is 11.3 Å². The molecule has 2 N–H and O–H groups in total. The van der Waals surface area contributed by atoms with Gasteiger partial charge in [0.2, 0.25) is 5.91 Å². The van der Waals surface area contributed by atoms with Crippen LogP contribution < -0.4 is 10.6 Å². The van der Waals surface area contributed by atoms with Gasteiger partial charge in [-0.05, 0) is 24.3 Å². The second kappa shape index (κ2) is 8.53. The van der Waals surface area contributed by atoms with Gasteiger partial charge in [0, 0.05) is 30.0 Å². The number of carbonyl (C=O) groups is 1. The molecule has 2 aromatic carbocycles. The van der Waals surface area contributed by atoms with Gasteiger partial charge < -0.3 is 10.6 Å². The third-order valence-electron chi connectivity index (χ3n) is 3.73. The molecule has 0 aliphatic heterocycles. The number of nitrogens with one attached hydrogen (secondary N) is 2. The van der Waals surface area contributed by atoms with Gasteiger partial charge in [0.1, 0.15) is 5.69 Å². The molecule has 28 heavy (non-hydrogen) atoms. The number of anilines is 2. The molecule has 1 heterocycles. The Kier molecular flexibility index (Phi) is 5.90. The summed E-state index contributed by atoms with van der Waals surface area (Å²) in [6, 6.07) is 9.59. The summed E-state index contributed by atoms with van der Waals surface area (Å²) in [6.07, 6.45) is 0.0616. The minimum Gasteiger partial charge on any atom is -0.379 e. The van der Waals surface area contributed by atoms with Crippen molar-refractivity contribution in [2.45, 2.75) is 6.42 Å². The molecule has 3 aromatic rings. The summed E-state index contributed by atoms with van der Waals surface area (Å²) in [5.41, 5.74) is 1.07. The van der Waals surface area contributed by atoms with Crippen molar-refractivity contribution in [1.29, 1.82) is 0 Å². The maximum Gasteiger partial charge on any atom is 0.292 e. The van der Waals surface area contributed by atoms with E-state index < -0.39 is 16.6 Å². The molecule has 0 aliphatic rings. The van der Waals surface area contributed by atoms with Gasteiger partial charge in [-0.2, -0.15) is 0 Å². The highest BCUT2D eigenvalue weighted by atomic mass is 32.1. The van der Waals surface area contributed by atoms with E-state index in [9.17, 15) is 23.7 Å². The van der Waals surface area contributed by atoms with Crippen molar-refractivity contribution in [1.82, 2.24) is 4.98 Å². The third kappa shape index (κ3) is 4.65. The fourth-order valence-electron chi connectivity index (χ4n) is 2.39. The molecule has 0 atom stereocenters. The van der Waals surface area contributed by atoms with Gasteiger partial charge in [-0.1, -0.05) is 12.1 Å². The number of benzene rings is 2. The number of hydrogen-bond donors (Lipinski definition) is 2. The number of amides is 1. The predicted octanol–water partition coefficient (Wildman–Crippen LogP) is 4.44. The van der Waals surface area contributed by atoms with E-state index in [0.717, 1.165) is 23.5 Å². The van der Waals surface area contributed by atoms with Crippen molar-refractivity contribution >= 4 is 33.8 Å². The van der Waals surface area contributed by atoms with Crippen LogP contribution in [0.15, 0.2) is 47.8 Å². The largest absolute Gasteiger partial charge is 0.379 e. The van der Waals surface area contributed by atoms with E-state index in [-0.39, 0.29) is 24.6 Å². The van der Waals surface area contributed by atoms with Crippen LogP contribution in [0, 0.1) is 21.7 Å². The lowest BCUT2D eigenvalue weighted by molar-refractivity contribution is -0.384. The van der Waals surface area contributed by atoms with Gasteiger partial charge in [0.25, 0.3) is 5.69 Å². The van der Waals surface area contributed by atoms with Crippen LogP contribution in [0.4, 0.5) is 25.3 Å².